The molecule has 2 nitrogen and oxygen atoms in total. The topological polar surface area (TPSA) is 20.3 Å². The molecule has 0 aliphatic rings. The van der Waals surface area contributed by atoms with Crippen molar-refractivity contribution >= 4 is 5.91 Å². The van der Waals surface area contributed by atoms with Crippen molar-refractivity contribution in [1.29, 1.82) is 0 Å². The number of benzene rings is 1. The lowest BCUT2D eigenvalue weighted by Gasteiger charge is -2.23. The van der Waals surface area contributed by atoms with Crippen LogP contribution in [0, 0.1) is 0 Å². The van der Waals surface area contributed by atoms with Gasteiger partial charge in [0, 0.05) is 19.5 Å². The van der Waals surface area contributed by atoms with Gasteiger partial charge < -0.3 is 4.90 Å². The highest BCUT2D eigenvalue weighted by Crippen LogP contribution is 2.10. The minimum atomic E-state index is 0.368. The molecular formula is C22H37NO. The lowest BCUT2D eigenvalue weighted by Crippen LogP contribution is -2.32. The Labute approximate surface area is 149 Å². The second-order valence-electron chi connectivity index (χ2n) is 6.84. The third-order valence-corrected chi connectivity index (χ3v) is 4.61. The summed E-state index contributed by atoms with van der Waals surface area (Å²) in [4.78, 5) is 14.5. The van der Waals surface area contributed by atoms with E-state index in [0.29, 0.717) is 5.91 Å². The van der Waals surface area contributed by atoms with Gasteiger partial charge in [0.1, 0.15) is 0 Å². The first-order valence-corrected chi connectivity index (χ1v) is 10.1. The molecule has 0 aliphatic carbocycles. The summed E-state index contributed by atoms with van der Waals surface area (Å²) in [5.74, 6) is 0.368. The number of hydrogen-bond donors (Lipinski definition) is 0. The highest BCUT2D eigenvalue weighted by Gasteiger charge is 2.12. The molecule has 0 N–H and O–H groups in total. The quantitative estimate of drug-likeness (QED) is 0.383. The molecule has 24 heavy (non-hydrogen) atoms. The predicted octanol–water partition coefficient (Wildman–Crippen LogP) is 6.00. The summed E-state index contributed by atoms with van der Waals surface area (Å²) < 4.78 is 0. The second-order valence-corrected chi connectivity index (χ2v) is 6.84. The monoisotopic (exact) mass is 331 g/mol. The Hall–Kier alpha value is -1.31. The van der Waals surface area contributed by atoms with E-state index < -0.39 is 0 Å². The molecule has 0 radical (unpaired) electrons. The van der Waals surface area contributed by atoms with Gasteiger partial charge in [-0.05, 0) is 37.7 Å². The van der Waals surface area contributed by atoms with Crippen LogP contribution in [0.2, 0.25) is 0 Å². The largest absolute Gasteiger partial charge is 0.343 e. The molecule has 0 fully saturated rings. The molecule has 0 spiro atoms. The maximum atomic E-state index is 12.4. The van der Waals surface area contributed by atoms with E-state index in [-0.39, 0.29) is 0 Å². The number of aryl methyl sites for hydroxylation is 1. The van der Waals surface area contributed by atoms with E-state index in [2.05, 4.69) is 49.1 Å². The molecule has 0 heterocycles. The fourth-order valence-corrected chi connectivity index (χ4v) is 3.03. The van der Waals surface area contributed by atoms with E-state index in [0.717, 1.165) is 58.0 Å². The van der Waals surface area contributed by atoms with Gasteiger partial charge in [-0.15, -0.1) is 0 Å². The van der Waals surface area contributed by atoms with Crippen molar-refractivity contribution in [3.63, 3.8) is 0 Å². The lowest BCUT2D eigenvalue weighted by molar-refractivity contribution is -0.131. The van der Waals surface area contributed by atoms with Crippen LogP contribution < -0.4 is 0 Å². The van der Waals surface area contributed by atoms with E-state index in [1.54, 1.807) is 0 Å². The van der Waals surface area contributed by atoms with Crippen molar-refractivity contribution < 1.29 is 4.79 Å². The first-order valence-electron chi connectivity index (χ1n) is 10.1. The van der Waals surface area contributed by atoms with Crippen LogP contribution in [0.15, 0.2) is 30.3 Å². The molecule has 2 heteroatoms. The Morgan fingerprint density at radius 3 is 2.08 bits per heavy atom. The Bertz CT molecular complexity index is 415. The van der Waals surface area contributed by atoms with Crippen molar-refractivity contribution in [3.05, 3.63) is 35.9 Å². The zero-order valence-electron chi connectivity index (χ0n) is 15.9. The van der Waals surface area contributed by atoms with Crippen molar-refractivity contribution in [1.82, 2.24) is 4.90 Å². The van der Waals surface area contributed by atoms with Gasteiger partial charge in [-0.2, -0.15) is 0 Å². The SMILES string of the molecule is CCCCCCCN(CCCCc1ccccc1)C(=O)CCCC. The molecule has 0 aromatic heterocycles. The zero-order chi connectivity index (χ0) is 17.5. The zero-order valence-corrected chi connectivity index (χ0v) is 15.9. The summed E-state index contributed by atoms with van der Waals surface area (Å²) in [6.45, 7) is 6.29. The Balaban J connectivity index is 2.29. The summed E-state index contributed by atoms with van der Waals surface area (Å²) in [6, 6.07) is 10.7. The molecule has 1 aromatic carbocycles. The molecule has 0 saturated carbocycles. The number of nitrogens with zero attached hydrogens (tertiary/aromatic N) is 1. The highest BCUT2D eigenvalue weighted by molar-refractivity contribution is 5.76. The first-order chi connectivity index (χ1) is 11.8. The van der Waals surface area contributed by atoms with Crippen LogP contribution in [0.3, 0.4) is 0 Å². The fourth-order valence-electron chi connectivity index (χ4n) is 3.03. The summed E-state index contributed by atoms with van der Waals surface area (Å²) in [7, 11) is 0. The van der Waals surface area contributed by atoms with Crippen molar-refractivity contribution in [2.45, 2.75) is 84.5 Å². The van der Waals surface area contributed by atoms with E-state index in [4.69, 9.17) is 0 Å². The molecule has 0 aliphatic heterocycles. The third-order valence-electron chi connectivity index (χ3n) is 4.61. The normalized spacial score (nSPS) is 10.8. The van der Waals surface area contributed by atoms with Crippen molar-refractivity contribution in [2.75, 3.05) is 13.1 Å². The van der Waals surface area contributed by atoms with Crippen LogP contribution >= 0.6 is 0 Å². The number of carbonyl (C=O) groups is 1. The summed E-state index contributed by atoms with van der Waals surface area (Å²) in [5, 5.41) is 0. The Kier molecular flexibility index (Phi) is 12.2. The van der Waals surface area contributed by atoms with Crippen LogP contribution in [-0.2, 0) is 11.2 Å². The van der Waals surface area contributed by atoms with Gasteiger partial charge in [-0.25, -0.2) is 0 Å². The molecule has 1 aromatic rings. The molecule has 1 amide bonds. The lowest BCUT2D eigenvalue weighted by atomic mass is 10.1. The van der Waals surface area contributed by atoms with Gasteiger partial charge in [-0.3, -0.25) is 4.79 Å². The molecular weight excluding hydrogens is 294 g/mol. The first kappa shape index (κ1) is 20.7. The van der Waals surface area contributed by atoms with Crippen LogP contribution in [0.25, 0.3) is 0 Å². The van der Waals surface area contributed by atoms with Gasteiger partial charge in [0.15, 0.2) is 0 Å². The van der Waals surface area contributed by atoms with Crippen LogP contribution in [0.4, 0.5) is 0 Å². The molecule has 136 valence electrons. The Morgan fingerprint density at radius 1 is 0.792 bits per heavy atom. The number of carbonyl (C=O) groups excluding carboxylic acids is 1. The van der Waals surface area contributed by atoms with Gasteiger partial charge >= 0.3 is 0 Å². The van der Waals surface area contributed by atoms with E-state index in [1.165, 1.54) is 31.2 Å². The molecule has 1 rings (SSSR count). The molecule has 0 unspecified atom stereocenters. The van der Waals surface area contributed by atoms with Gasteiger partial charge in [-0.1, -0.05) is 76.3 Å². The second kappa shape index (κ2) is 14.1. The summed E-state index contributed by atoms with van der Waals surface area (Å²) in [5.41, 5.74) is 1.40. The van der Waals surface area contributed by atoms with Crippen LogP contribution in [-0.4, -0.2) is 23.9 Å². The predicted molar refractivity (Wildman–Crippen MR) is 104 cm³/mol. The molecule has 0 bridgehead atoms. The summed E-state index contributed by atoms with van der Waals surface area (Å²) in [6.07, 6.45) is 12.6. The fraction of sp³-hybridized carbons (Fsp3) is 0.682. The number of rotatable bonds is 14. The minimum absolute atomic E-state index is 0.368. The average molecular weight is 332 g/mol. The number of unbranched alkanes of at least 4 members (excludes halogenated alkanes) is 6. The van der Waals surface area contributed by atoms with Gasteiger partial charge in [0.2, 0.25) is 5.91 Å². The maximum absolute atomic E-state index is 12.4. The smallest absolute Gasteiger partial charge is 0.222 e. The Morgan fingerprint density at radius 2 is 1.42 bits per heavy atom. The van der Waals surface area contributed by atoms with Gasteiger partial charge in [0.25, 0.3) is 0 Å². The average Bonchev–Trinajstić information content (AvgIpc) is 2.62. The minimum Gasteiger partial charge on any atom is -0.343 e. The third kappa shape index (κ3) is 9.75. The number of hydrogen-bond acceptors (Lipinski definition) is 1. The van der Waals surface area contributed by atoms with E-state index >= 15 is 0 Å². The van der Waals surface area contributed by atoms with Crippen molar-refractivity contribution in [2.24, 2.45) is 0 Å². The molecule has 0 saturated heterocycles. The van der Waals surface area contributed by atoms with Crippen molar-refractivity contribution in [3.8, 4) is 0 Å². The van der Waals surface area contributed by atoms with E-state index in [9.17, 15) is 4.79 Å². The highest BCUT2D eigenvalue weighted by atomic mass is 16.2. The van der Waals surface area contributed by atoms with Gasteiger partial charge in [0.05, 0.1) is 0 Å². The standard InChI is InChI=1S/C22H37NO/c1-3-5-7-8-13-19-23(22(24)18-6-4-2)20-14-12-17-21-15-10-9-11-16-21/h9-11,15-16H,3-8,12-14,17-20H2,1-2H3. The van der Waals surface area contributed by atoms with Crippen LogP contribution in [0.5, 0.6) is 0 Å². The number of amides is 1. The van der Waals surface area contributed by atoms with Crippen LogP contribution in [0.1, 0.15) is 83.6 Å². The molecule has 0 atom stereocenters. The van der Waals surface area contributed by atoms with E-state index in [1.807, 2.05) is 0 Å². The maximum Gasteiger partial charge on any atom is 0.222 e. The summed E-state index contributed by atoms with van der Waals surface area (Å²) >= 11 is 0.